The summed E-state index contributed by atoms with van der Waals surface area (Å²) in [5.41, 5.74) is 3.10. The molecule has 34 heavy (non-hydrogen) atoms. The van der Waals surface area contributed by atoms with Crippen LogP contribution in [0.3, 0.4) is 0 Å². The van der Waals surface area contributed by atoms with Crippen LogP contribution in [0.2, 0.25) is 0 Å². The summed E-state index contributed by atoms with van der Waals surface area (Å²) in [6.07, 6.45) is 1.71. The molecule has 170 valence electrons. The summed E-state index contributed by atoms with van der Waals surface area (Å²) in [6.45, 7) is 1.98. The number of pyridine rings is 2. The Labute approximate surface area is 195 Å². The van der Waals surface area contributed by atoms with Gasteiger partial charge in [-0.2, -0.15) is 0 Å². The lowest BCUT2D eigenvalue weighted by molar-refractivity contribution is 0.0529. The molecule has 0 N–H and O–H groups in total. The van der Waals surface area contributed by atoms with E-state index >= 15 is 0 Å². The first-order valence-electron chi connectivity index (χ1n) is 10.8. The third-order valence-corrected chi connectivity index (χ3v) is 5.84. The summed E-state index contributed by atoms with van der Waals surface area (Å²) in [7, 11) is 3.05. The molecule has 7 heteroatoms. The largest absolute Gasteiger partial charge is 0.493 e. The average molecular weight is 454 g/mol. The third kappa shape index (κ3) is 3.33. The number of methoxy groups -OCH3 is 2. The maximum Gasteiger partial charge on any atom is 0.340 e. The van der Waals surface area contributed by atoms with E-state index in [2.05, 4.69) is 4.98 Å². The predicted octanol–water partition coefficient (Wildman–Crippen LogP) is 5.07. The lowest BCUT2D eigenvalue weighted by atomic mass is 10.1. The van der Waals surface area contributed by atoms with Crippen molar-refractivity contribution in [3.63, 3.8) is 0 Å². The number of ketones is 1. The van der Waals surface area contributed by atoms with E-state index in [-0.39, 0.29) is 12.4 Å². The predicted molar refractivity (Wildman–Crippen MR) is 129 cm³/mol. The van der Waals surface area contributed by atoms with E-state index in [4.69, 9.17) is 14.2 Å². The second kappa shape index (κ2) is 8.51. The SMILES string of the molecule is CCOC(=O)c1cc(C(=O)c2ccc(OC)c(OC)c2)n2c1ccc1ccc3cccnc3c12. The number of esters is 1. The van der Waals surface area contributed by atoms with Crippen LogP contribution in [0.5, 0.6) is 11.5 Å². The summed E-state index contributed by atoms with van der Waals surface area (Å²) in [4.78, 5) is 31.2. The smallest absolute Gasteiger partial charge is 0.340 e. The van der Waals surface area contributed by atoms with E-state index in [1.807, 2.05) is 36.4 Å². The molecule has 0 atom stereocenters. The fraction of sp³-hybridized carbons (Fsp3) is 0.148. The topological polar surface area (TPSA) is 79.1 Å². The monoisotopic (exact) mass is 454 g/mol. The van der Waals surface area contributed by atoms with Gasteiger partial charge in [-0.3, -0.25) is 9.78 Å². The second-order valence-corrected chi connectivity index (χ2v) is 7.70. The molecule has 0 aliphatic carbocycles. The zero-order valence-electron chi connectivity index (χ0n) is 19.0. The summed E-state index contributed by atoms with van der Waals surface area (Å²) >= 11 is 0. The molecule has 0 amide bonds. The van der Waals surface area contributed by atoms with Crippen LogP contribution in [0.15, 0.2) is 66.9 Å². The Bertz CT molecular complexity index is 1590. The second-order valence-electron chi connectivity index (χ2n) is 7.70. The molecular formula is C27H22N2O5. The van der Waals surface area contributed by atoms with Gasteiger partial charge in [-0.25, -0.2) is 4.79 Å². The summed E-state index contributed by atoms with van der Waals surface area (Å²) in [6, 6.07) is 18.1. The molecule has 0 saturated heterocycles. The Morgan fingerprint density at radius 1 is 0.912 bits per heavy atom. The van der Waals surface area contributed by atoms with Crippen LogP contribution in [0.4, 0.5) is 0 Å². The molecule has 0 aliphatic rings. The maximum atomic E-state index is 13.8. The molecule has 0 fully saturated rings. The number of fused-ring (bicyclic) bond motifs is 5. The van der Waals surface area contributed by atoms with Crippen LogP contribution in [0.1, 0.15) is 33.3 Å². The highest BCUT2D eigenvalue weighted by molar-refractivity contribution is 6.14. The van der Waals surface area contributed by atoms with Gasteiger partial charge in [-0.15, -0.1) is 0 Å². The Morgan fingerprint density at radius 3 is 2.44 bits per heavy atom. The van der Waals surface area contributed by atoms with Gasteiger partial charge in [0.05, 0.1) is 48.6 Å². The van der Waals surface area contributed by atoms with E-state index in [9.17, 15) is 9.59 Å². The van der Waals surface area contributed by atoms with E-state index in [0.29, 0.717) is 33.8 Å². The zero-order valence-corrected chi connectivity index (χ0v) is 19.0. The molecule has 3 heterocycles. The van der Waals surface area contributed by atoms with Gasteiger partial charge in [0.2, 0.25) is 5.78 Å². The number of hydrogen-bond acceptors (Lipinski definition) is 6. The Kier molecular flexibility index (Phi) is 5.37. The Balaban J connectivity index is 1.85. The van der Waals surface area contributed by atoms with Crippen LogP contribution in [-0.2, 0) is 4.74 Å². The minimum atomic E-state index is -0.487. The van der Waals surface area contributed by atoms with Crippen molar-refractivity contribution in [3.8, 4) is 11.5 Å². The molecule has 5 aromatic rings. The van der Waals surface area contributed by atoms with Crippen molar-refractivity contribution in [1.29, 1.82) is 0 Å². The molecule has 2 aromatic carbocycles. The highest BCUT2D eigenvalue weighted by atomic mass is 16.5. The number of aromatic nitrogens is 2. The molecular weight excluding hydrogens is 432 g/mol. The number of nitrogens with zero attached hydrogens (tertiary/aromatic N) is 2. The molecule has 3 aromatic heterocycles. The molecule has 0 aliphatic heterocycles. The van der Waals surface area contributed by atoms with Crippen molar-refractivity contribution in [3.05, 3.63) is 83.7 Å². The number of carbonyl (C=O) groups excluding carboxylic acids is 2. The molecule has 0 spiro atoms. The Hall–Kier alpha value is -4.39. The van der Waals surface area contributed by atoms with Gasteiger partial charge in [0.25, 0.3) is 0 Å². The van der Waals surface area contributed by atoms with Crippen LogP contribution in [0.25, 0.3) is 27.3 Å². The number of ether oxygens (including phenoxy) is 3. The van der Waals surface area contributed by atoms with E-state index in [1.165, 1.54) is 14.2 Å². The first kappa shape index (κ1) is 21.5. The van der Waals surface area contributed by atoms with Gasteiger partial charge in [0.1, 0.15) is 0 Å². The highest BCUT2D eigenvalue weighted by Gasteiger charge is 2.24. The lowest BCUT2D eigenvalue weighted by Gasteiger charge is -2.11. The van der Waals surface area contributed by atoms with Crippen molar-refractivity contribution in [2.75, 3.05) is 20.8 Å². The van der Waals surface area contributed by atoms with Crippen LogP contribution >= 0.6 is 0 Å². The zero-order chi connectivity index (χ0) is 23.8. The third-order valence-electron chi connectivity index (χ3n) is 5.84. The van der Waals surface area contributed by atoms with Gasteiger partial charge in [-0.05, 0) is 43.3 Å². The minimum Gasteiger partial charge on any atom is -0.493 e. The molecule has 0 radical (unpaired) electrons. The van der Waals surface area contributed by atoms with Crippen molar-refractivity contribution < 1.29 is 23.8 Å². The molecule has 0 saturated carbocycles. The van der Waals surface area contributed by atoms with Gasteiger partial charge >= 0.3 is 5.97 Å². The van der Waals surface area contributed by atoms with E-state index < -0.39 is 5.97 Å². The summed E-state index contributed by atoms with van der Waals surface area (Å²) in [5, 5.41) is 1.82. The Morgan fingerprint density at radius 2 is 1.68 bits per heavy atom. The van der Waals surface area contributed by atoms with Gasteiger partial charge < -0.3 is 18.6 Å². The van der Waals surface area contributed by atoms with Gasteiger partial charge in [0.15, 0.2) is 11.5 Å². The molecule has 0 bridgehead atoms. The van der Waals surface area contributed by atoms with Crippen LogP contribution in [-0.4, -0.2) is 42.0 Å². The van der Waals surface area contributed by atoms with E-state index in [1.54, 1.807) is 41.8 Å². The molecule has 0 unspecified atom stereocenters. The number of benzene rings is 2. The van der Waals surface area contributed by atoms with Crippen LogP contribution in [0, 0.1) is 0 Å². The van der Waals surface area contributed by atoms with Gasteiger partial charge in [0, 0.05) is 22.5 Å². The first-order valence-corrected chi connectivity index (χ1v) is 10.8. The number of rotatable bonds is 6. The highest BCUT2D eigenvalue weighted by Crippen LogP contribution is 2.32. The van der Waals surface area contributed by atoms with Crippen LogP contribution < -0.4 is 9.47 Å². The fourth-order valence-corrected chi connectivity index (χ4v) is 4.28. The minimum absolute atomic E-state index is 0.229. The fourth-order valence-electron chi connectivity index (χ4n) is 4.28. The first-order chi connectivity index (χ1) is 16.6. The van der Waals surface area contributed by atoms with Gasteiger partial charge in [-0.1, -0.05) is 24.3 Å². The normalized spacial score (nSPS) is 11.1. The maximum absolute atomic E-state index is 13.8. The lowest BCUT2D eigenvalue weighted by Crippen LogP contribution is -2.07. The van der Waals surface area contributed by atoms with Crippen molar-refractivity contribution in [1.82, 2.24) is 9.38 Å². The van der Waals surface area contributed by atoms with Crippen molar-refractivity contribution in [2.45, 2.75) is 6.92 Å². The summed E-state index contributed by atoms with van der Waals surface area (Å²) in [5.74, 6) is 0.203. The number of carbonyl (C=O) groups is 2. The summed E-state index contributed by atoms with van der Waals surface area (Å²) < 4.78 is 17.8. The standard InChI is InChI=1S/C27H22N2O5/c1-4-34-27(31)19-15-21(26(30)18-10-12-22(32-2)23(14-18)33-3)29-20(19)11-9-17-8-7-16-6-5-13-28-24(16)25(17)29/h5-15H,4H2,1-3H3. The molecule has 5 rings (SSSR count). The van der Waals surface area contributed by atoms with E-state index in [0.717, 1.165) is 21.8 Å². The average Bonchev–Trinajstić information content (AvgIpc) is 3.27. The van der Waals surface area contributed by atoms with Crippen molar-refractivity contribution >= 4 is 39.1 Å². The molecule has 7 nitrogen and oxygen atoms in total. The quantitative estimate of drug-likeness (QED) is 0.203. The number of hydrogen-bond donors (Lipinski definition) is 0. The van der Waals surface area contributed by atoms with Crippen molar-refractivity contribution in [2.24, 2.45) is 0 Å².